The molecule has 0 saturated heterocycles. The number of hydrogen-bond donors (Lipinski definition) is 0. The van der Waals surface area contributed by atoms with Crippen molar-refractivity contribution < 1.29 is 5.11 Å². The normalized spacial score (nSPS) is 10.8. The Hall–Kier alpha value is -1.44. The first-order valence-electron chi connectivity index (χ1n) is 3.91. The average Bonchev–Trinajstić information content (AvgIpc) is 2.28. The van der Waals surface area contributed by atoms with Crippen molar-refractivity contribution in [3.05, 3.63) is 30.0 Å². The van der Waals surface area contributed by atoms with E-state index in [0.717, 1.165) is 16.5 Å². The van der Waals surface area contributed by atoms with Gasteiger partial charge in [0.25, 0.3) is 0 Å². The summed E-state index contributed by atoms with van der Waals surface area (Å²) in [6.07, 6.45) is 2.03. The molecule has 0 aliphatic carbocycles. The highest BCUT2D eigenvalue weighted by molar-refractivity contribution is 5.84. The first kappa shape index (κ1) is 7.22. The number of fused-ring (bicyclic) bond motifs is 1. The molecule has 12 heavy (non-hydrogen) atoms. The summed E-state index contributed by atoms with van der Waals surface area (Å²) in [4.78, 5) is 0. The number of aryl methyl sites for hydroxylation is 2. The minimum absolute atomic E-state index is 0.0804. The van der Waals surface area contributed by atoms with E-state index < -0.39 is 0 Å². The molecule has 1 heterocycles. The van der Waals surface area contributed by atoms with Gasteiger partial charge in [-0.25, -0.2) is 0 Å². The standard InChI is InChI=1S/C10H10NO/c1-7-6-11(2)10-4-3-8(12)5-9(7)10/h3-6H,1-2H3. The number of aromatic nitrogens is 1. The van der Waals surface area contributed by atoms with Crippen molar-refractivity contribution >= 4 is 10.9 Å². The van der Waals surface area contributed by atoms with Crippen molar-refractivity contribution in [3.63, 3.8) is 0 Å². The molecule has 2 aromatic rings. The minimum atomic E-state index is 0.0804. The quantitative estimate of drug-likeness (QED) is 0.566. The largest absolute Gasteiger partial charge is 0.350 e. The molecule has 0 aliphatic rings. The lowest BCUT2D eigenvalue weighted by Gasteiger charge is -1.94. The molecule has 2 heteroatoms. The Balaban J connectivity index is 2.90. The molecular formula is C10H10NO. The van der Waals surface area contributed by atoms with Crippen LogP contribution in [0, 0.1) is 6.92 Å². The van der Waals surface area contributed by atoms with Crippen LogP contribution in [0.3, 0.4) is 0 Å². The Bertz CT molecular complexity index is 429. The van der Waals surface area contributed by atoms with Gasteiger partial charge in [0.2, 0.25) is 0 Å². The lowest BCUT2D eigenvalue weighted by Crippen LogP contribution is -1.81. The van der Waals surface area contributed by atoms with Crippen molar-refractivity contribution in [1.29, 1.82) is 0 Å². The van der Waals surface area contributed by atoms with Crippen LogP contribution in [0.1, 0.15) is 5.56 Å². The molecule has 0 saturated carbocycles. The van der Waals surface area contributed by atoms with Gasteiger partial charge in [-0.1, -0.05) is 0 Å². The van der Waals surface area contributed by atoms with E-state index in [1.54, 1.807) is 12.1 Å². The van der Waals surface area contributed by atoms with Gasteiger partial charge >= 0.3 is 0 Å². The van der Waals surface area contributed by atoms with Crippen molar-refractivity contribution in [1.82, 2.24) is 4.57 Å². The van der Waals surface area contributed by atoms with Crippen LogP contribution in [-0.4, -0.2) is 4.57 Å². The van der Waals surface area contributed by atoms with Crippen LogP contribution in [0.4, 0.5) is 0 Å². The summed E-state index contributed by atoms with van der Waals surface area (Å²) in [5.41, 5.74) is 2.28. The van der Waals surface area contributed by atoms with Gasteiger partial charge in [0, 0.05) is 24.1 Å². The monoisotopic (exact) mass is 160 g/mol. The molecule has 2 nitrogen and oxygen atoms in total. The molecular weight excluding hydrogens is 150 g/mol. The molecule has 61 valence electrons. The highest BCUT2D eigenvalue weighted by Crippen LogP contribution is 2.24. The molecule has 0 spiro atoms. The van der Waals surface area contributed by atoms with E-state index in [4.69, 9.17) is 0 Å². The molecule has 0 aliphatic heterocycles. The first-order chi connectivity index (χ1) is 5.68. The van der Waals surface area contributed by atoms with E-state index in [9.17, 15) is 5.11 Å². The highest BCUT2D eigenvalue weighted by Gasteiger charge is 2.03. The summed E-state index contributed by atoms with van der Waals surface area (Å²) in [6.45, 7) is 2.02. The molecule has 1 aromatic heterocycles. The summed E-state index contributed by atoms with van der Waals surface area (Å²) in [6, 6.07) is 5.15. The smallest absolute Gasteiger partial charge is 0.179 e. The van der Waals surface area contributed by atoms with Crippen LogP contribution in [0.2, 0.25) is 0 Å². The van der Waals surface area contributed by atoms with Crippen LogP contribution >= 0.6 is 0 Å². The van der Waals surface area contributed by atoms with E-state index in [1.165, 1.54) is 0 Å². The highest BCUT2D eigenvalue weighted by atomic mass is 16.3. The summed E-state index contributed by atoms with van der Waals surface area (Å²) in [5.74, 6) is 0.0804. The van der Waals surface area contributed by atoms with Gasteiger partial charge in [-0.15, -0.1) is 0 Å². The number of rotatable bonds is 0. The van der Waals surface area contributed by atoms with Gasteiger partial charge in [0.05, 0.1) is 0 Å². The Morgan fingerprint density at radius 1 is 1.33 bits per heavy atom. The molecule has 0 unspecified atom stereocenters. The SMILES string of the molecule is Cc1cn(C)c2ccc([O])cc12. The van der Waals surface area contributed by atoms with E-state index in [2.05, 4.69) is 0 Å². The zero-order valence-electron chi connectivity index (χ0n) is 7.16. The van der Waals surface area contributed by atoms with Crippen molar-refractivity contribution in [2.75, 3.05) is 0 Å². The minimum Gasteiger partial charge on any atom is -0.350 e. The summed E-state index contributed by atoms with van der Waals surface area (Å²) >= 11 is 0. The van der Waals surface area contributed by atoms with E-state index in [1.807, 2.05) is 30.8 Å². The van der Waals surface area contributed by atoms with E-state index in [0.29, 0.717) is 0 Å². The van der Waals surface area contributed by atoms with Crippen LogP contribution < -0.4 is 0 Å². The molecule has 0 bridgehead atoms. The first-order valence-corrected chi connectivity index (χ1v) is 3.91. The van der Waals surface area contributed by atoms with Gasteiger partial charge in [-0.3, -0.25) is 5.11 Å². The fourth-order valence-corrected chi connectivity index (χ4v) is 1.57. The lowest BCUT2D eigenvalue weighted by molar-refractivity contribution is 0.355. The second-order valence-corrected chi connectivity index (χ2v) is 3.10. The van der Waals surface area contributed by atoms with E-state index >= 15 is 0 Å². The maximum absolute atomic E-state index is 11.0. The third-order valence-electron chi connectivity index (χ3n) is 2.16. The predicted molar refractivity (Wildman–Crippen MR) is 47.8 cm³/mol. The molecule has 0 atom stereocenters. The van der Waals surface area contributed by atoms with Crippen LogP contribution in [0.25, 0.3) is 10.9 Å². The third-order valence-corrected chi connectivity index (χ3v) is 2.16. The fraction of sp³-hybridized carbons (Fsp3) is 0.200. The van der Waals surface area contributed by atoms with Crippen molar-refractivity contribution in [2.45, 2.75) is 6.92 Å². The Morgan fingerprint density at radius 2 is 2.08 bits per heavy atom. The van der Waals surface area contributed by atoms with Crippen molar-refractivity contribution in [2.24, 2.45) is 7.05 Å². The zero-order chi connectivity index (χ0) is 8.72. The predicted octanol–water partition coefficient (Wildman–Crippen LogP) is 2.63. The lowest BCUT2D eigenvalue weighted by atomic mass is 10.2. The fourth-order valence-electron chi connectivity index (χ4n) is 1.57. The molecule has 1 aromatic carbocycles. The van der Waals surface area contributed by atoms with Gasteiger partial charge in [-0.2, -0.15) is 0 Å². The summed E-state index contributed by atoms with van der Waals surface area (Å²) in [7, 11) is 1.99. The van der Waals surface area contributed by atoms with Gasteiger partial charge < -0.3 is 4.57 Å². The average molecular weight is 160 g/mol. The molecule has 0 amide bonds. The van der Waals surface area contributed by atoms with Gasteiger partial charge in [-0.05, 0) is 30.7 Å². The zero-order valence-corrected chi connectivity index (χ0v) is 7.16. The maximum atomic E-state index is 11.0. The summed E-state index contributed by atoms with van der Waals surface area (Å²) < 4.78 is 2.03. The van der Waals surface area contributed by atoms with Crippen LogP contribution in [-0.2, 0) is 12.2 Å². The van der Waals surface area contributed by atoms with Crippen molar-refractivity contribution in [3.8, 4) is 5.75 Å². The number of benzene rings is 1. The Labute approximate surface area is 71.1 Å². The molecule has 0 N–H and O–H groups in total. The molecule has 0 fully saturated rings. The van der Waals surface area contributed by atoms with Crippen LogP contribution in [0.5, 0.6) is 5.75 Å². The van der Waals surface area contributed by atoms with Crippen LogP contribution in [0.15, 0.2) is 24.4 Å². The molecule has 2 rings (SSSR count). The molecule has 1 radical (unpaired) electrons. The third kappa shape index (κ3) is 0.881. The second-order valence-electron chi connectivity index (χ2n) is 3.10. The summed E-state index contributed by atoms with van der Waals surface area (Å²) in [5, 5.41) is 12.1. The van der Waals surface area contributed by atoms with Gasteiger partial charge in [0.1, 0.15) is 0 Å². The second kappa shape index (κ2) is 2.27. The number of hydrogen-bond acceptors (Lipinski definition) is 0. The Morgan fingerprint density at radius 3 is 2.83 bits per heavy atom. The topological polar surface area (TPSA) is 24.8 Å². The van der Waals surface area contributed by atoms with Gasteiger partial charge in [0.15, 0.2) is 5.75 Å². The maximum Gasteiger partial charge on any atom is 0.179 e. The number of nitrogens with zero attached hydrogens (tertiary/aromatic N) is 1. The van der Waals surface area contributed by atoms with E-state index in [-0.39, 0.29) is 5.75 Å². The Kier molecular flexibility index (Phi) is 1.37.